The van der Waals surface area contributed by atoms with E-state index in [1.165, 1.54) is 50.9 Å². The van der Waals surface area contributed by atoms with Gasteiger partial charge < -0.3 is 0 Å². The second-order valence-corrected chi connectivity index (χ2v) is 10.1. The molecule has 0 saturated carbocycles. The lowest BCUT2D eigenvalue weighted by atomic mass is 9.86. The zero-order valence-corrected chi connectivity index (χ0v) is 18.8. The average Bonchev–Trinajstić information content (AvgIpc) is 3.12. The summed E-state index contributed by atoms with van der Waals surface area (Å²) in [6, 6.07) is 8.59. The molecular weight excluding hydrogens is 394 g/mol. The number of hydrogen-bond donors (Lipinski definition) is 0. The SMILES string of the molecule is Cc1ccccc1CSc1ncnc2c1sc1nc(C(C)C)c3c(c12)CCCC3. The van der Waals surface area contributed by atoms with E-state index in [4.69, 9.17) is 9.97 Å². The van der Waals surface area contributed by atoms with Crippen LogP contribution >= 0.6 is 23.1 Å². The van der Waals surface area contributed by atoms with Gasteiger partial charge in [-0.3, -0.25) is 0 Å². The second kappa shape index (κ2) is 7.69. The van der Waals surface area contributed by atoms with E-state index in [1.54, 1.807) is 17.7 Å². The van der Waals surface area contributed by atoms with Crippen molar-refractivity contribution in [3.05, 3.63) is 58.5 Å². The maximum Gasteiger partial charge on any atom is 0.126 e. The fourth-order valence-corrected chi connectivity index (χ4v) is 6.68. The minimum Gasteiger partial charge on any atom is -0.241 e. The number of fused-ring (bicyclic) bond motifs is 5. The maximum absolute atomic E-state index is 5.14. The van der Waals surface area contributed by atoms with Gasteiger partial charge in [-0.25, -0.2) is 15.0 Å². The van der Waals surface area contributed by atoms with Gasteiger partial charge in [0.15, 0.2) is 0 Å². The van der Waals surface area contributed by atoms with Crippen LogP contribution < -0.4 is 0 Å². The van der Waals surface area contributed by atoms with Gasteiger partial charge in [-0.1, -0.05) is 38.1 Å². The number of aryl methyl sites for hydroxylation is 2. The van der Waals surface area contributed by atoms with Gasteiger partial charge in [0, 0.05) is 16.8 Å². The summed E-state index contributed by atoms with van der Waals surface area (Å²) in [5.74, 6) is 1.38. The molecule has 1 aliphatic carbocycles. The molecule has 4 aromatic rings. The van der Waals surface area contributed by atoms with E-state index in [0.717, 1.165) is 34.0 Å². The molecule has 5 heteroatoms. The summed E-state index contributed by atoms with van der Waals surface area (Å²) in [5, 5.41) is 2.38. The Morgan fingerprint density at radius 2 is 1.86 bits per heavy atom. The Hall–Kier alpha value is -1.98. The van der Waals surface area contributed by atoms with Crippen molar-refractivity contribution in [2.75, 3.05) is 0 Å². The van der Waals surface area contributed by atoms with Crippen LogP contribution in [0.2, 0.25) is 0 Å². The Morgan fingerprint density at radius 3 is 2.66 bits per heavy atom. The maximum atomic E-state index is 5.14. The Labute approximate surface area is 180 Å². The van der Waals surface area contributed by atoms with E-state index in [0.29, 0.717) is 5.92 Å². The number of rotatable bonds is 4. The van der Waals surface area contributed by atoms with Crippen LogP contribution in [-0.4, -0.2) is 15.0 Å². The zero-order valence-electron chi connectivity index (χ0n) is 17.2. The van der Waals surface area contributed by atoms with Gasteiger partial charge in [-0.15, -0.1) is 23.1 Å². The number of pyridine rings is 1. The molecule has 0 unspecified atom stereocenters. The van der Waals surface area contributed by atoms with Crippen LogP contribution in [0.15, 0.2) is 35.6 Å². The van der Waals surface area contributed by atoms with Crippen LogP contribution in [0.5, 0.6) is 0 Å². The molecule has 0 N–H and O–H groups in total. The molecule has 0 bridgehead atoms. The predicted molar refractivity (Wildman–Crippen MR) is 124 cm³/mol. The highest BCUT2D eigenvalue weighted by atomic mass is 32.2. The molecule has 0 fully saturated rings. The van der Waals surface area contributed by atoms with Crippen molar-refractivity contribution in [1.82, 2.24) is 15.0 Å². The monoisotopic (exact) mass is 419 g/mol. The largest absolute Gasteiger partial charge is 0.241 e. The Kier molecular flexibility index (Phi) is 5.04. The van der Waals surface area contributed by atoms with Crippen molar-refractivity contribution >= 4 is 43.5 Å². The molecule has 0 aliphatic heterocycles. The highest BCUT2D eigenvalue weighted by molar-refractivity contribution is 7.98. The number of thiophene rings is 1. The standard InChI is InChI=1S/C24H25N3S2/c1-14(2)20-18-11-7-6-10-17(18)19-21-22(29-23(19)27-20)24(26-13-25-21)28-12-16-9-5-4-8-15(16)3/h4-5,8-9,13-14H,6-7,10-12H2,1-3H3. The van der Waals surface area contributed by atoms with Gasteiger partial charge >= 0.3 is 0 Å². The average molecular weight is 420 g/mol. The summed E-state index contributed by atoms with van der Waals surface area (Å²) in [7, 11) is 0. The summed E-state index contributed by atoms with van der Waals surface area (Å²) in [5.41, 5.74) is 8.09. The number of thioether (sulfide) groups is 1. The zero-order chi connectivity index (χ0) is 20.0. The summed E-state index contributed by atoms with van der Waals surface area (Å²) in [4.78, 5) is 15.7. The first-order valence-electron chi connectivity index (χ1n) is 10.4. The third kappa shape index (κ3) is 3.34. The van der Waals surface area contributed by atoms with Crippen LogP contribution in [0.1, 0.15) is 60.6 Å². The van der Waals surface area contributed by atoms with Crippen molar-refractivity contribution in [1.29, 1.82) is 0 Å². The minimum atomic E-state index is 0.456. The number of nitrogens with zero attached hydrogens (tertiary/aromatic N) is 3. The Morgan fingerprint density at radius 1 is 1.07 bits per heavy atom. The topological polar surface area (TPSA) is 38.7 Å². The lowest BCUT2D eigenvalue weighted by Crippen LogP contribution is -2.10. The van der Waals surface area contributed by atoms with Crippen LogP contribution in [0.3, 0.4) is 0 Å². The first-order chi connectivity index (χ1) is 14.1. The predicted octanol–water partition coefficient (Wildman–Crippen LogP) is 6.84. The number of hydrogen-bond acceptors (Lipinski definition) is 5. The second-order valence-electron chi connectivity index (χ2n) is 8.17. The summed E-state index contributed by atoms with van der Waals surface area (Å²) >= 11 is 3.59. The van der Waals surface area contributed by atoms with E-state index in [2.05, 4.69) is 50.0 Å². The molecule has 29 heavy (non-hydrogen) atoms. The van der Waals surface area contributed by atoms with Crippen molar-refractivity contribution in [2.24, 2.45) is 0 Å². The first-order valence-corrected chi connectivity index (χ1v) is 12.2. The highest BCUT2D eigenvalue weighted by Crippen LogP contribution is 2.42. The van der Waals surface area contributed by atoms with Gasteiger partial charge in [0.25, 0.3) is 0 Å². The first kappa shape index (κ1) is 19.0. The van der Waals surface area contributed by atoms with E-state index in [9.17, 15) is 0 Å². The highest BCUT2D eigenvalue weighted by Gasteiger charge is 2.24. The molecule has 0 amide bonds. The number of aromatic nitrogens is 3. The lowest BCUT2D eigenvalue weighted by molar-refractivity contribution is 0.667. The molecule has 5 rings (SSSR count). The normalized spacial score (nSPS) is 14.1. The molecule has 0 saturated heterocycles. The van der Waals surface area contributed by atoms with Gasteiger partial charge in [-0.2, -0.15) is 0 Å². The summed E-state index contributed by atoms with van der Waals surface area (Å²) in [6.45, 7) is 6.70. The number of benzene rings is 1. The third-order valence-corrected chi connectivity index (χ3v) is 8.14. The molecule has 0 atom stereocenters. The molecule has 0 spiro atoms. The van der Waals surface area contributed by atoms with Gasteiger partial charge in [-0.05, 0) is 60.8 Å². The lowest BCUT2D eigenvalue weighted by Gasteiger charge is -2.21. The van der Waals surface area contributed by atoms with Crippen LogP contribution in [0.4, 0.5) is 0 Å². The molecule has 1 aliphatic rings. The van der Waals surface area contributed by atoms with E-state index in [1.807, 2.05) is 11.8 Å². The van der Waals surface area contributed by atoms with Gasteiger partial charge in [0.2, 0.25) is 0 Å². The molecule has 3 aromatic heterocycles. The van der Waals surface area contributed by atoms with Gasteiger partial charge in [0.1, 0.15) is 16.2 Å². The van der Waals surface area contributed by atoms with Crippen molar-refractivity contribution in [3.63, 3.8) is 0 Å². The molecule has 3 heterocycles. The van der Waals surface area contributed by atoms with E-state index >= 15 is 0 Å². The summed E-state index contributed by atoms with van der Waals surface area (Å²) < 4.78 is 1.20. The molecule has 0 radical (unpaired) electrons. The van der Waals surface area contributed by atoms with E-state index in [-0.39, 0.29) is 0 Å². The smallest absolute Gasteiger partial charge is 0.126 e. The summed E-state index contributed by atoms with van der Waals surface area (Å²) in [6.07, 6.45) is 6.58. The fraction of sp³-hybridized carbons (Fsp3) is 0.375. The van der Waals surface area contributed by atoms with Crippen molar-refractivity contribution < 1.29 is 0 Å². The van der Waals surface area contributed by atoms with Gasteiger partial charge in [0.05, 0.1) is 10.2 Å². The van der Waals surface area contributed by atoms with E-state index < -0.39 is 0 Å². The molecule has 148 valence electrons. The molecular formula is C24H25N3S2. The molecule has 3 nitrogen and oxygen atoms in total. The molecule has 1 aromatic carbocycles. The Bertz CT molecular complexity index is 1210. The third-order valence-electron chi connectivity index (χ3n) is 5.89. The minimum absolute atomic E-state index is 0.456. The van der Waals surface area contributed by atoms with Crippen molar-refractivity contribution in [2.45, 2.75) is 63.2 Å². The Balaban J connectivity index is 1.64. The van der Waals surface area contributed by atoms with Crippen molar-refractivity contribution in [3.8, 4) is 0 Å². The van der Waals surface area contributed by atoms with Crippen LogP contribution in [0.25, 0.3) is 20.4 Å². The van der Waals surface area contributed by atoms with Crippen LogP contribution in [0, 0.1) is 6.92 Å². The van der Waals surface area contributed by atoms with Crippen LogP contribution in [-0.2, 0) is 18.6 Å². The quantitative estimate of drug-likeness (QED) is 0.268. The fourth-order valence-electron chi connectivity index (χ4n) is 4.37.